The van der Waals surface area contributed by atoms with Gasteiger partial charge in [0.25, 0.3) is 0 Å². The van der Waals surface area contributed by atoms with E-state index in [1.165, 1.54) is 28.4 Å². The summed E-state index contributed by atoms with van der Waals surface area (Å²) in [6.45, 7) is 4.12. The molecule has 16 heteroatoms. The number of imidazole rings is 2. The summed E-state index contributed by atoms with van der Waals surface area (Å²) in [5.74, 6) is 1.31. The van der Waals surface area contributed by atoms with Crippen LogP contribution in [0.4, 0.5) is 9.59 Å². The van der Waals surface area contributed by atoms with Crippen molar-refractivity contribution in [2.24, 2.45) is 11.3 Å². The second-order valence-corrected chi connectivity index (χ2v) is 17.9. The number of alkyl carbamates (subject to hydrolysis) is 2. The first-order chi connectivity index (χ1) is 30.9. The minimum absolute atomic E-state index is 0.0684. The fraction of sp³-hybridized carbons (Fsp3) is 0.458. The molecule has 5 aromatic rings. The Hall–Kier alpha value is -6.26. The standard InChI is InChI=1S/C48H56N8O8/c1-26(61-3)39(53-46(59)63-5)44(57)55-25-48(17-18-48)22-38(55)42-49-24-37(51-42)33-14-13-31-19-30(11-12-32(31)20-33)28-7-9-29(10-8-28)36-23-50-43(52-36)41-34-15-16-35(21-34)56(41)45(58)40(27(2)62-4)54-47(60)64-6/h7-14,19-20,23-24,26-27,34-35,38-41H,15-18,21-22,25H2,1-6H3,(H,49,51)(H,50,52)(H,53,59)(H,54,60)/t26-,27-,34+,35-,38+,39+,40+,41+/m1/s1. The van der Waals surface area contributed by atoms with Gasteiger partial charge in [-0.1, -0.05) is 48.5 Å². The number of aromatic amines is 2. The molecule has 2 bridgehead atoms. The smallest absolute Gasteiger partial charge is 0.407 e. The van der Waals surface area contributed by atoms with Gasteiger partial charge in [0.1, 0.15) is 23.7 Å². The Bertz CT molecular complexity index is 2550. The average molecular weight is 873 g/mol. The molecule has 4 aliphatic rings. The first kappa shape index (κ1) is 43.0. The second-order valence-electron chi connectivity index (χ2n) is 17.9. The maximum Gasteiger partial charge on any atom is 0.407 e. The number of benzene rings is 3. The van der Waals surface area contributed by atoms with E-state index < -0.39 is 36.5 Å². The fourth-order valence-electron chi connectivity index (χ4n) is 10.2. The van der Waals surface area contributed by atoms with Gasteiger partial charge in [0.15, 0.2) is 0 Å². The van der Waals surface area contributed by atoms with Crippen LogP contribution < -0.4 is 10.6 Å². The molecule has 2 aliphatic carbocycles. The number of piperidine rings is 1. The summed E-state index contributed by atoms with van der Waals surface area (Å²) in [7, 11) is 5.59. The predicted octanol–water partition coefficient (Wildman–Crippen LogP) is 6.91. The molecule has 2 saturated heterocycles. The second kappa shape index (κ2) is 17.4. The van der Waals surface area contributed by atoms with Crippen LogP contribution in [0.15, 0.2) is 73.1 Å². The zero-order chi connectivity index (χ0) is 44.9. The van der Waals surface area contributed by atoms with E-state index >= 15 is 0 Å². The van der Waals surface area contributed by atoms with Crippen molar-refractivity contribution in [1.29, 1.82) is 0 Å². The van der Waals surface area contributed by atoms with Crippen molar-refractivity contribution in [1.82, 2.24) is 40.4 Å². The Morgan fingerprint density at radius 3 is 1.88 bits per heavy atom. The SMILES string of the molecule is COC(=O)N[C@H](C(=O)N1CC2(CC2)C[C@H]1c1ncc(-c2ccc3cc(-c4ccc(-c5cnc([C@@H]6[C@H]7CC[C@H](C7)N6C(=O)[C@@H](NC(=O)OC)[C@@H](C)OC)[nH]5)cc4)ccc3c2)[nH]1)[C@@H](C)OC. The Labute approximate surface area is 371 Å². The van der Waals surface area contributed by atoms with Gasteiger partial charge in [0.05, 0.1) is 62.3 Å². The summed E-state index contributed by atoms with van der Waals surface area (Å²) in [5.41, 5.74) is 5.91. The molecule has 4 fully saturated rings. The maximum atomic E-state index is 14.1. The number of carbonyl (C=O) groups is 4. The molecule has 336 valence electrons. The number of likely N-dealkylation sites (tertiary alicyclic amines) is 2. The van der Waals surface area contributed by atoms with Gasteiger partial charge in [-0.2, -0.15) is 0 Å². The molecule has 2 saturated carbocycles. The summed E-state index contributed by atoms with van der Waals surface area (Å²) in [4.78, 5) is 72.8. The van der Waals surface area contributed by atoms with Crippen LogP contribution in [-0.4, -0.2) is 119 Å². The van der Waals surface area contributed by atoms with Crippen LogP contribution in [0.3, 0.4) is 0 Å². The molecule has 64 heavy (non-hydrogen) atoms. The van der Waals surface area contributed by atoms with Crippen molar-refractivity contribution < 1.29 is 38.1 Å². The topological polar surface area (TPSA) is 193 Å². The van der Waals surface area contributed by atoms with Gasteiger partial charge in [0, 0.05) is 32.4 Å². The summed E-state index contributed by atoms with van der Waals surface area (Å²) in [6, 6.07) is 18.9. The quantitative estimate of drug-likeness (QED) is 0.0966. The number of carbonyl (C=O) groups excluding carboxylic acids is 4. The molecule has 16 nitrogen and oxygen atoms in total. The Morgan fingerprint density at radius 2 is 1.25 bits per heavy atom. The number of nitrogens with one attached hydrogen (secondary N) is 4. The van der Waals surface area contributed by atoms with Crippen molar-refractivity contribution in [3.8, 4) is 33.6 Å². The number of amides is 4. The van der Waals surface area contributed by atoms with Crippen LogP contribution in [0.2, 0.25) is 0 Å². The lowest BCUT2D eigenvalue weighted by molar-refractivity contribution is -0.141. The maximum absolute atomic E-state index is 14.1. The van der Waals surface area contributed by atoms with Crippen LogP contribution in [-0.2, 0) is 28.5 Å². The minimum atomic E-state index is -0.899. The number of hydrogen-bond acceptors (Lipinski definition) is 10. The predicted molar refractivity (Wildman–Crippen MR) is 238 cm³/mol. The lowest BCUT2D eigenvalue weighted by Crippen LogP contribution is -2.56. The number of ether oxygens (including phenoxy) is 4. The molecule has 8 atom stereocenters. The highest BCUT2D eigenvalue weighted by molar-refractivity contribution is 5.91. The van der Waals surface area contributed by atoms with Gasteiger partial charge >= 0.3 is 12.2 Å². The van der Waals surface area contributed by atoms with Crippen molar-refractivity contribution in [3.63, 3.8) is 0 Å². The molecule has 2 aromatic heterocycles. The van der Waals surface area contributed by atoms with E-state index in [2.05, 4.69) is 81.3 Å². The van der Waals surface area contributed by atoms with Crippen molar-refractivity contribution in [3.05, 3.63) is 84.7 Å². The van der Waals surface area contributed by atoms with E-state index in [0.29, 0.717) is 6.54 Å². The van der Waals surface area contributed by atoms with E-state index in [9.17, 15) is 19.2 Å². The molecule has 1 spiro atoms. The lowest BCUT2D eigenvalue weighted by Gasteiger charge is -2.37. The minimum Gasteiger partial charge on any atom is -0.453 e. The van der Waals surface area contributed by atoms with Crippen LogP contribution in [0.1, 0.15) is 76.1 Å². The van der Waals surface area contributed by atoms with E-state index in [-0.39, 0.29) is 41.3 Å². The van der Waals surface area contributed by atoms with E-state index in [0.717, 1.165) is 94.6 Å². The van der Waals surface area contributed by atoms with Gasteiger partial charge in [-0.3, -0.25) is 9.59 Å². The number of fused-ring (bicyclic) bond motifs is 3. The number of aromatic nitrogens is 4. The number of methoxy groups -OCH3 is 4. The first-order valence-corrected chi connectivity index (χ1v) is 22.0. The highest BCUT2D eigenvalue weighted by Gasteiger charge is 2.56. The summed E-state index contributed by atoms with van der Waals surface area (Å²) >= 11 is 0. The molecule has 3 aromatic carbocycles. The summed E-state index contributed by atoms with van der Waals surface area (Å²) in [5, 5.41) is 7.54. The van der Waals surface area contributed by atoms with Gasteiger partial charge in [-0.15, -0.1) is 0 Å². The van der Waals surface area contributed by atoms with Gasteiger partial charge in [-0.25, -0.2) is 19.6 Å². The average Bonchev–Trinajstić information content (AvgIpc) is 3.96. The Kier molecular flexibility index (Phi) is 11.7. The summed E-state index contributed by atoms with van der Waals surface area (Å²) in [6.07, 6.45) is 6.91. The van der Waals surface area contributed by atoms with Gasteiger partial charge < -0.3 is 49.3 Å². The number of rotatable bonds is 13. The molecule has 4 heterocycles. The van der Waals surface area contributed by atoms with Crippen molar-refractivity contribution in [2.45, 2.75) is 94.8 Å². The van der Waals surface area contributed by atoms with E-state index in [4.69, 9.17) is 28.9 Å². The third-order valence-corrected chi connectivity index (χ3v) is 14.2. The molecule has 0 radical (unpaired) electrons. The summed E-state index contributed by atoms with van der Waals surface area (Å²) < 4.78 is 20.6. The van der Waals surface area contributed by atoms with Crippen LogP contribution in [0, 0.1) is 11.3 Å². The normalized spacial score (nSPS) is 22.6. The first-order valence-electron chi connectivity index (χ1n) is 22.0. The van der Waals surface area contributed by atoms with Crippen molar-refractivity contribution >= 4 is 34.8 Å². The highest BCUT2D eigenvalue weighted by atomic mass is 16.5. The molecule has 4 amide bonds. The lowest BCUT2D eigenvalue weighted by atomic mass is 9.96. The highest BCUT2D eigenvalue weighted by Crippen LogP contribution is 2.58. The van der Waals surface area contributed by atoms with Crippen molar-refractivity contribution in [2.75, 3.05) is 35.0 Å². The molecule has 0 unspecified atom stereocenters. The number of nitrogens with zero attached hydrogens (tertiary/aromatic N) is 4. The molecule has 4 N–H and O–H groups in total. The zero-order valence-corrected chi connectivity index (χ0v) is 37.1. The van der Waals surface area contributed by atoms with E-state index in [1.807, 2.05) is 22.2 Å². The van der Waals surface area contributed by atoms with Gasteiger partial charge in [-0.05, 0) is 103 Å². The third kappa shape index (κ3) is 8.08. The molecular weight excluding hydrogens is 817 g/mol. The molecular formula is C48H56N8O8. The third-order valence-electron chi connectivity index (χ3n) is 14.2. The number of H-pyrrole nitrogens is 2. The monoisotopic (exact) mass is 872 g/mol. The van der Waals surface area contributed by atoms with E-state index in [1.54, 1.807) is 13.8 Å². The number of hydrogen-bond donors (Lipinski definition) is 4. The fourth-order valence-corrected chi connectivity index (χ4v) is 10.2. The van der Waals surface area contributed by atoms with Crippen LogP contribution in [0.25, 0.3) is 44.4 Å². The Balaban J connectivity index is 0.894. The Morgan fingerprint density at radius 1 is 0.703 bits per heavy atom. The largest absolute Gasteiger partial charge is 0.453 e. The molecule has 9 rings (SSSR count). The van der Waals surface area contributed by atoms with Crippen LogP contribution >= 0.6 is 0 Å². The van der Waals surface area contributed by atoms with Crippen LogP contribution in [0.5, 0.6) is 0 Å². The van der Waals surface area contributed by atoms with Gasteiger partial charge in [0.2, 0.25) is 11.8 Å². The molecule has 2 aliphatic heterocycles. The zero-order valence-electron chi connectivity index (χ0n) is 37.1.